The summed E-state index contributed by atoms with van der Waals surface area (Å²) in [4.78, 5) is 17.7. The molecule has 0 N–H and O–H groups in total. The highest BCUT2D eigenvalue weighted by Crippen LogP contribution is 2.31. The molecule has 1 aliphatic rings. The van der Waals surface area contributed by atoms with Crippen LogP contribution in [0.4, 0.5) is 0 Å². The minimum Gasteiger partial charge on any atom is -0.486 e. The fraction of sp³-hybridized carbons (Fsp3) is 0.125. The van der Waals surface area contributed by atoms with Crippen LogP contribution < -0.4 is 15.0 Å². The standard InChI is InChI=1S/C24H17ClN4O3/c25-17-3-1-2-16(11-17)18-13-27-29-20-6-7-28(24(30)19(20)12-26-23(18)29)14-15-4-5-21-22(10-15)32-9-8-31-21/h1-7,10-13H,8-9,14H2. The highest BCUT2D eigenvalue weighted by atomic mass is 35.5. The van der Waals surface area contributed by atoms with Crippen molar-refractivity contribution in [1.29, 1.82) is 0 Å². The van der Waals surface area contributed by atoms with Crippen LogP contribution in [0.3, 0.4) is 0 Å². The van der Waals surface area contributed by atoms with Crippen molar-refractivity contribution in [3.8, 4) is 22.6 Å². The number of halogens is 1. The van der Waals surface area contributed by atoms with E-state index >= 15 is 0 Å². The first-order valence-electron chi connectivity index (χ1n) is 10.2. The fourth-order valence-electron chi connectivity index (χ4n) is 4.02. The maximum absolute atomic E-state index is 13.2. The van der Waals surface area contributed by atoms with E-state index in [1.807, 2.05) is 48.5 Å². The summed E-state index contributed by atoms with van der Waals surface area (Å²) in [6.45, 7) is 1.48. The molecule has 1 aliphatic heterocycles. The number of aromatic nitrogens is 4. The number of benzene rings is 2. The van der Waals surface area contributed by atoms with Crippen molar-refractivity contribution >= 4 is 28.2 Å². The lowest BCUT2D eigenvalue weighted by molar-refractivity contribution is 0.171. The maximum atomic E-state index is 13.2. The molecule has 0 saturated heterocycles. The fourth-order valence-corrected chi connectivity index (χ4v) is 4.21. The molecule has 2 aromatic carbocycles. The second kappa shape index (κ2) is 7.39. The van der Waals surface area contributed by atoms with Gasteiger partial charge in [-0.25, -0.2) is 9.50 Å². The van der Waals surface area contributed by atoms with Crippen LogP contribution in [0.25, 0.3) is 27.7 Å². The summed E-state index contributed by atoms with van der Waals surface area (Å²) in [5.41, 5.74) is 3.97. The second-order valence-corrected chi connectivity index (χ2v) is 8.02. The van der Waals surface area contributed by atoms with Gasteiger partial charge in [0.25, 0.3) is 5.56 Å². The van der Waals surface area contributed by atoms with Gasteiger partial charge in [-0.15, -0.1) is 0 Å². The Kier molecular flexibility index (Phi) is 4.36. The Bertz CT molecular complexity index is 1560. The second-order valence-electron chi connectivity index (χ2n) is 7.59. The molecule has 0 amide bonds. The van der Waals surface area contributed by atoms with Crippen LogP contribution >= 0.6 is 11.6 Å². The van der Waals surface area contributed by atoms with Gasteiger partial charge in [-0.1, -0.05) is 29.8 Å². The predicted molar refractivity (Wildman–Crippen MR) is 122 cm³/mol. The lowest BCUT2D eigenvalue weighted by Crippen LogP contribution is -2.21. The third-order valence-corrected chi connectivity index (χ3v) is 5.80. The Morgan fingerprint density at radius 2 is 1.88 bits per heavy atom. The summed E-state index contributed by atoms with van der Waals surface area (Å²) in [7, 11) is 0. The molecule has 158 valence electrons. The Balaban J connectivity index is 1.41. The molecule has 4 heterocycles. The van der Waals surface area contributed by atoms with Crippen molar-refractivity contribution in [2.45, 2.75) is 6.54 Å². The molecule has 5 aromatic rings. The molecule has 0 aliphatic carbocycles. The third-order valence-electron chi connectivity index (χ3n) is 5.56. The van der Waals surface area contributed by atoms with Gasteiger partial charge in [-0.05, 0) is 41.5 Å². The Morgan fingerprint density at radius 1 is 1.00 bits per heavy atom. The average molecular weight is 445 g/mol. The van der Waals surface area contributed by atoms with Crippen LogP contribution in [0.5, 0.6) is 11.5 Å². The quantitative estimate of drug-likeness (QED) is 0.417. The van der Waals surface area contributed by atoms with Gasteiger partial charge in [0.15, 0.2) is 17.1 Å². The normalized spacial score (nSPS) is 13.0. The van der Waals surface area contributed by atoms with Crippen LogP contribution in [0.2, 0.25) is 5.02 Å². The number of fused-ring (bicyclic) bond motifs is 4. The maximum Gasteiger partial charge on any atom is 0.261 e. The first-order chi connectivity index (χ1) is 15.7. The number of hydrogen-bond acceptors (Lipinski definition) is 5. The van der Waals surface area contributed by atoms with Gasteiger partial charge in [0, 0.05) is 23.0 Å². The summed E-state index contributed by atoms with van der Waals surface area (Å²) in [5.74, 6) is 1.43. The van der Waals surface area contributed by atoms with Gasteiger partial charge >= 0.3 is 0 Å². The molecule has 3 aromatic heterocycles. The zero-order valence-corrected chi connectivity index (χ0v) is 17.6. The minimum absolute atomic E-state index is 0.133. The Morgan fingerprint density at radius 3 is 2.75 bits per heavy atom. The first-order valence-corrected chi connectivity index (χ1v) is 10.6. The van der Waals surface area contributed by atoms with E-state index in [0.717, 1.165) is 22.4 Å². The van der Waals surface area contributed by atoms with Crippen molar-refractivity contribution in [1.82, 2.24) is 19.2 Å². The van der Waals surface area contributed by atoms with Gasteiger partial charge in [0.1, 0.15) is 13.2 Å². The number of hydrogen-bond donors (Lipinski definition) is 0. The zero-order chi connectivity index (χ0) is 21.7. The van der Waals surface area contributed by atoms with Crippen LogP contribution in [0.15, 0.2) is 71.9 Å². The molecule has 6 rings (SSSR count). The summed E-state index contributed by atoms with van der Waals surface area (Å²) in [6, 6.07) is 15.2. The van der Waals surface area contributed by atoms with E-state index in [0.29, 0.717) is 47.1 Å². The van der Waals surface area contributed by atoms with Crippen molar-refractivity contribution in [2.24, 2.45) is 0 Å². The van der Waals surface area contributed by atoms with Crippen LogP contribution in [-0.4, -0.2) is 32.4 Å². The van der Waals surface area contributed by atoms with E-state index in [1.165, 1.54) is 0 Å². The van der Waals surface area contributed by atoms with Gasteiger partial charge in [-0.3, -0.25) is 4.79 Å². The van der Waals surface area contributed by atoms with Crippen molar-refractivity contribution < 1.29 is 9.47 Å². The molecular weight excluding hydrogens is 428 g/mol. The molecule has 8 heteroatoms. The highest BCUT2D eigenvalue weighted by molar-refractivity contribution is 6.30. The highest BCUT2D eigenvalue weighted by Gasteiger charge is 2.15. The van der Waals surface area contributed by atoms with Gasteiger partial charge in [0.05, 0.1) is 23.6 Å². The molecule has 0 spiro atoms. The lowest BCUT2D eigenvalue weighted by atomic mass is 10.1. The molecule has 32 heavy (non-hydrogen) atoms. The topological polar surface area (TPSA) is 70.7 Å². The van der Waals surface area contributed by atoms with Gasteiger partial charge < -0.3 is 14.0 Å². The van der Waals surface area contributed by atoms with E-state index in [9.17, 15) is 4.79 Å². The Hall–Kier alpha value is -3.84. The minimum atomic E-state index is -0.133. The van der Waals surface area contributed by atoms with Crippen molar-refractivity contribution in [2.75, 3.05) is 13.2 Å². The zero-order valence-electron chi connectivity index (χ0n) is 16.9. The van der Waals surface area contributed by atoms with Gasteiger partial charge in [-0.2, -0.15) is 5.10 Å². The summed E-state index contributed by atoms with van der Waals surface area (Å²) < 4.78 is 14.6. The summed E-state index contributed by atoms with van der Waals surface area (Å²) in [6.07, 6.45) is 5.14. The molecule has 0 unspecified atom stereocenters. The molecule has 0 saturated carbocycles. The molecule has 0 radical (unpaired) electrons. The third kappa shape index (κ3) is 3.09. The van der Waals surface area contributed by atoms with Crippen LogP contribution in [-0.2, 0) is 6.54 Å². The lowest BCUT2D eigenvalue weighted by Gasteiger charge is -2.19. The van der Waals surface area contributed by atoms with E-state index in [4.69, 9.17) is 21.1 Å². The largest absolute Gasteiger partial charge is 0.486 e. The molecule has 7 nitrogen and oxygen atoms in total. The van der Waals surface area contributed by atoms with E-state index in [-0.39, 0.29) is 5.56 Å². The van der Waals surface area contributed by atoms with E-state index in [1.54, 1.807) is 27.7 Å². The smallest absolute Gasteiger partial charge is 0.261 e. The van der Waals surface area contributed by atoms with E-state index in [2.05, 4.69) is 10.1 Å². The predicted octanol–water partition coefficient (Wildman–Crippen LogP) is 4.18. The number of ether oxygens (including phenoxy) is 2. The van der Waals surface area contributed by atoms with Crippen molar-refractivity contribution in [3.63, 3.8) is 0 Å². The van der Waals surface area contributed by atoms with Crippen LogP contribution in [0, 0.1) is 0 Å². The summed E-state index contributed by atoms with van der Waals surface area (Å²) in [5, 5.41) is 5.63. The molecular formula is C24H17ClN4O3. The number of rotatable bonds is 3. The molecule has 0 fully saturated rings. The Labute approximate surface area is 187 Å². The molecule has 0 atom stereocenters. The van der Waals surface area contributed by atoms with Crippen molar-refractivity contribution in [3.05, 3.63) is 88.1 Å². The van der Waals surface area contributed by atoms with E-state index < -0.39 is 0 Å². The molecule has 0 bridgehead atoms. The average Bonchev–Trinajstić information content (AvgIpc) is 3.25. The number of nitrogens with zero attached hydrogens (tertiary/aromatic N) is 4. The monoisotopic (exact) mass is 444 g/mol. The van der Waals surface area contributed by atoms with Crippen LogP contribution in [0.1, 0.15) is 5.56 Å². The summed E-state index contributed by atoms with van der Waals surface area (Å²) >= 11 is 6.15. The van der Waals surface area contributed by atoms with Gasteiger partial charge in [0.2, 0.25) is 0 Å². The first kappa shape index (κ1) is 18.9. The SMILES string of the molecule is O=c1c2cnc3c(-c4cccc(Cl)c4)cnn3c2ccn1Cc1ccc2c(c1)OCCO2. The number of pyridine rings is 1.